The lowest BCUT2D eigenvalue weighted by molar-refractivity contribution is 0.144. The molecule has 0 spiro atoms. The monoisotopic (exact) mass is 271 g/mol. The van der Waals surface area contributed by atoms with Gasteiger partial charge in [0.1, 0.15) is 0 Å². The van der Waals surface area contributed by atoms with Gasteiger partial charge in [0.05, 0.1) is 10.0 Å². The molecule has 3 heteroatoms. The Morgan fingerprint density at radius 1 is 1.24 bits per heavy atom. The first-order valence-corrected chi connectivity index (χ1v) is 6.95. The third-order valence-corrected chi connectivity index (χ3v) is 5.11. The molecule has 1 saturated carbocycles. The van der Waals surface area contributed by atoms with E-state index < -0.39 is 0 Å². The second kappa shape index (κ2) is 4.79. The average Bonchev–Trinajstić information content (AvgIpc) is 2.29. The Kier molecular flexibility index (Phi) is 3.72. The summed E-state index contributed by atoms with van der Waals surface area (Å²) < 4.78 is 0. The van der Waals surface area contributed by atoms with Crippen molar-refractivity contribution in [2.75, 3.05) is 0 Å². The SMILES string of the molecule is CC1CCCC(N)(c2ccc(Cl)c(Cl)c2)C1C. The summed E-state index contributed by atoms with van der Waals surface area (Å²) >= 11 is 12.0. The highest BCUT2D eigenvalue weighted by atomic mass is 35.5. The average molecular weight is 272 g/mol. The van der Waals surface area contributed by atoms with Crippen molar-refractivity contribution in [3.05, 3.63) is 33.8 Å². The van der Waals surface area contributed by atoms with Crippen LogP contribution in [0.4, 0.5) is 0 Å². The van der Waals surface area contributed by atoms with Gasteiger partial charge in [0.15, 0.2) is 0 Å². The summed E-state index contributed by atoms with van der Waals surface area (Å²) in [7, 11) is 0. The van der Waals surface area contributed by atoms with Crippen molar-refractivity contribution < 1.29 is 0 Å². The second-order valence-electron chi connectivity index (χ2n) is 5.33. The van der Waals surface area contributed by atoms with E-state index in [1.54, 1.807) is 0 Å². The van der Waals surface area contributed by atoms with Gasteiger partial charge in [-0.3, -0.25) is 0 Å². The predicted octanol–water partition coefficient (Wildman–Crippen LogP) is 4.60. The molecule has 0 radical (unpaired) electrons. The number of hydrogen-bond donors (Lipinski definition) is 1. The van der Waals surface area contributed by atoms with Crippen LogP contribution >= 0.6 is 23.2 Å². The first-order chi connectivity index (χ1) is 7.95. The maximum Gasteiger partial charge on any atom is 0.0595 e. The third-order valence-electron chi connectivity index (χ3n) is 4.37. The zero-order valence-corrected chi connectivity index (χ0v) is 11.9. The van der Waals surface area contributed by atoms with Crippen LogP contribution < -0.4 is 5.73 Å². The molecule has 2 N–H and O–H groups in total. The quantitative estimate of drug-likeness (QED) is 0.794. The highest BCUT2D eigenvalue weighted by Crippen LogP contribution is 2.43. The minimum absolute atomic E-state index is 0.258. The fraction of sp³-hybridized carbons (Fsp3) is 0.571. The van der Waals surface area contributed by atoms with Gasteiger partial charge in [-0.1, -0.05) is 56.0 Å². The van der Waals surface area contributed by atoms with E-state index in [0.717, 1.165) is 12.0 Å². The maximum absolute atomic E-state index is 6.63. The lowest BCUT2D eigenvalue weighted by Crippen LogP contribution is -2.48. The minimum Gasteiger partial charge on any atom is -0.321 e. The Morgan fingerprint density at radius 3 is 2.59 bits per heavy atom. The molecule has 0 saturated heterocycles. The van der Waals surface area contributed by atoms with Crippen LogP contribution in [0.25, 0.3) is 0 Å². The molecular formula is C14H19Cl2N. The van der Waals surface area contributed by atoms with Crippen LogP contribution in [0, 0.1) is 11.8 Å². The summed E-state index contributed by atoms with van der Waals surface area (Å²) in [6, 6.07) is 5.79. The summed E-state index contributed by atoms with van der Waals surface area (Å²) in [5.74, 6) is 1.12. The highest BCUT2D eigenvalue weighted by Gasteiger charge is 2.39. The fourth-order valence-corrected chi connectivity index (χ4v) is 3.19. The van der Waals surface area contributed by atoms with E-state index in [0.29, 0.717) is 21.9 Å². The predicted molar refractivity (Wildman–Crippen MR) is 74.5 cm³/mol. The highest BCUT2D eigenvalue weighted by molar-refractivity contribution is 6.42. The molecule has 0 bridgehead atoms. The topological polar surface area (TPSA) is 26.0 Å². The van der Waals surface area contributed by atoms with E-state index in [1.807, 2.05) is 18.2 Å². The molecule has 3 unspecified atom stereocenters. The molecule has 1 aliphatic rings. The van der Waals surface area contributed by atoms with E-state index in [-0.39, 0.29) is 5.54 Å². The van der Waals surface area contributed by atoms with Gasteiger partial charge in [0.25, 0.3) is 0 Å². The van der Waals surface area contributed by atoms with Crippen molar-refractivity contribution in [3.8, 4) is 0 Å². The van der Waals surface area contributed by atoms with Crippen molar-refractivity contribution in [1.82, 2.24) is 0 Å². The fourth-order valence-electron chi connectivity index (χ4n) is 2.89. The van der Waals surface area contributed by atoms with E-state index >= 15 is 0 Å². The van der Waals surface area contributed by atoms with Gasteiger partial charge >= 0.3 is 0 Å². The van der Waals surface area contributed by atoms with E-state index in [2.05, 4.69) is 13.8 Å². The van der Waals surface area contributed by atoms with Crippen LogP contribution in [0.5, 0.6) is 0 Å². The summed E-state index contributed by atoms with van der Waals surface area (Å²) in [4.78, 5) is 0. The largest absolute Gasteiger partial charge is 0.321 e. The first kappa shape index (κ1) is 13.2. The molecule has 1 aromatic carbocycles. The summed E-state index contributed by atoms with van der Waals surface area (Å²) in [5.41, 5.74) is 7.49. The molecule has 94 valence electrons. The Balaban J connectivity index is 2.39. The van der Waals surface area contributed by atoms with Gasteiger partial charge in [0.2, 0.25) is 0 Å². The molecule has 3 atom stereocenters. The standard InChI is InChI=1S/C14H19Cl2N/c1-9-4-3-7-14(17,10(9)2)11-5-6-12(15)13(16)8-11/h5-6,8-10H,3-4,7,17H2,1-2H3. The molecule has 1 fully saturated rings. The molecule has 1 nitrogen and oxygen atoms in total. The summed E-state index contributed by atoms with van der Waals surface area (Å²) in [5, 5.41) is 1.19. The number of benzene rings is 1. The number of rotatable bonds is 1. The molecule has 0 aliphatic heterocycles. The summed E-state index contributed by atoms with van der Waals surface area (Å²) in [6.07, 6.45) is 3.47. The Labute approximate surface area is 113 Å². The molecule has 1 aliphatic carbocycles. The normalized spacial score (nSPS) is 33.7. The van der Waals surface area contributed by atoms with E-state index in [9.17, 15) is 0 Å². The lowest BCUT2D eigenvalue weighted by Gasteiger charge is -2.43. The Morgan fingerprint density at radius 2 is 1.94 bits per heavy atom. The van der Waals surface area contributed by atoms with Crippen LogP contribution in [-0.2, 0) is 5.54 Å². The van der Waals surface area contributed by atoms with Gasteiger partial charge < -0.3 is 5.73 Å². The smallest absolute Gasteiger partial charge is 0.0595 e. The number of hydrogen-bond acceptors (Lipinski definition) is 1. The van der Waals surface area contributed by atoms with Crippen molar-refractivity contribution in [3.63, 3.8) is 0 Å². The van der Waals surface area contributed by atoms with Crippen LogP contribution in [0.3, 0.4) is 0 Å². The Bertz CT molecular complexity index is 419. The third kappa shape index (κ3) is 2.33. The zero-order chi connectivity index (χ0) is 12.6. The molecule has 0 heterocycles. The molecule has 1 aromatic rings. The van der Waals surface area contributed by atoms with E-state index in [1.165, 1.54) is 12.8 Å². The van der Waals surface area contributed by atoms with Crippen molar-refractivity contribution >= 4 is 23.2 Å². The van der Waals surface area contributed by atoms with Gasteiger partial charge in [0, 0.05) is 5.54 Å². The van der Waals surface area contributed by atoms with Crippen molar-refractivity contribution in [2.24, 2.45) is 17.6 Å². The van der Waals surface area contributed by atoms with E-state index in [4.69, 9.17) is 28.9 Å². The van der Waals surface area contributed by atoms with Crippen LogP contribution in [0.15, 0.2) is 18.2 Å². The maximum atomic E-state index is 6.63. The summed E-state index contributed by atoms with van der Waals surface area (Å²) in [6.45, 7) is 4.52. The zero-order valence-electron chi connectivity index (χ0n) is 10.3. The lowest BCUT2D eigenvalue weighted by atomic mass is 9.66. The van der Waals surface area contributed by atoms with Crippen molar-refractivity contribution in [1.29, 1.82) is 0 Å². The second-order valence-corrected chi connectivity index (χ2v) is 6.14. The van der Waals surface area contributed by atoms with Gasteiger partial charge in [-0.2, -0.15) is 0 Å². The Hall–Kier alpha value is -0.240. The van der Waals surface area contributed by atoms with Gasteiger partial charge in [-0.15, -0.1) is 0 Å². The molecule has 2 rings (SSSR count). The molecular weight excluding hydrogens is 253 g/mol. The van der Waals surface area contributed by atoms with Gasteiger partial charge in [-0.05, 0) is 36.0 Å². The van der Waals surface area contributed by atoms with Crippen molar-refractivity contribution in [2.45, 2.75) is 38.6 Å². The minimum atomic E-state index is -0.258. The van der Waals surface area contributed by atoms with Crippen LogP contribution in [0.1, 0.15) is 38.7 Å². The van der Waals surface area contributed by atoms with Gasteiger partial charge in [-0.25, -0.2) is 0 Å². The van der Waals surface area contributed by atoms with Crippen LogP contribution in [-0.4, -0.2) is 0 Å². The molecule has 17 heavy (non-hydrogen) atoms. The number of halogens is 2. The molecule has 0 amide bonds. The molecule has 0 aromatic heterocycles. The van der Waals surface area contributed by atoms with Crippen LogP contribution in [0.2, 0.25) is 10.0 Å². The first-order valence-electron chi connectivity index (χ1n) is 6.19. The number of nitrogens with two attached hydrogens (primary N) is 1.